The summed E-state index contributed by atoms with van der Waals surface area (Å²) in [6, 6.07) is 8.65. The molecule has 4 heterocycles. The lowest BCUT2D eigenvalue weighted by molar-refractivity contribution is -0.160. The molecular weight excluding hydrogens is 538 g/mol. The lowest BCUT2D eigenvalue weighted by Gasteiger charge is -2.41. The van der Waals surface area contributed by atoms with Gasteiger partial charge in [0.2, 0.25) is 5.95 Å². The Morgan fingerprint density at radius 3 is 2.40 bits per heavy atom. The molecule has 1 aromatic carbocycles. The minimum atomic E-state index is -1.12. The van der Waals surface area contributed by atoms with Gasteiger partial charge in [-0.3, -0.25) is 4.98 Å². The van der Waals surface area contributed by atoms with Crippen LogP contribution in [0, 0.1) is 19.3 Å². The van der Waals surface area contributed by atoms with Crippen LogP contribution < -0.4 is 9.80 Å². The highest BCUT2D eigenvalue weighted by Gasteiger charge is 2.36. The zero-order valence-corrected chi connectivity index (χ0v) is 27.1. The number of piperidine rings is 1. The number of pyridine rings is 1. The van der Waals surface area contributed by atoms with Crippen LogP contribution in [-0.4, -0.2) is 51.3 Å². The standard InChI is InChI=1S/C35H47N5O3/c1-9-27-12-16-36-33(38-27)40-17-13-24-20-25(10-11-26(24)21-40)28-22(2)37-23(3)29(31(32(41)42)43-34(4,5)6)30(28)39-18-14-35(7,8)15-19-39/h10-12,16,20,31H,9,13-15,17-19,21H2,1-8H3,(H,41,42)/t31-/m0/s1. The van der Waals surface area contributed by atoms with Gasteiger partial charge in [0.25, 0.3) is 0 Å². The van der Waals surface area contributed by atoms with Gasteiger partial charge in [-0.1, -0.05) is 39.0 Å². The number of benzene rings is 1. The Labute approximate surface area is 256 Å². The summed E-state index contributed by atoms with van der Waals surface area (Å²) >= 11 is 0. The fraction of sp³-hybridized carbons (Fsp3) is 0.543. The lowest BCUT2D eigenvalue weighted by atomic mass is 9.81. The number of aryl methyl sites for hydroxylation is 3. The monoisotopic (exact) mass is 585 g/mol. The average Bonchev–Trinajstić information content (AvgIpc) is 2.95. The van der Waals surface area contributed by atoms with Crippen LogP contribution in [0.15, 0.2) is 30.5 Å². The van der Waals surface area contributed by atoms with Gasteiger partial charge in [0.05, 0.1) is 11.3 Å². The molecule has 0 spiro atoms. The van der Waals surface area contributed by atoms with Crippen LogP contribution in [0.1, 0.15) is 94.3 Å². The molecular formula is C35H47N5O3. The van der Waals surface area contributed by atoms with Crippen molar-refractivity contribution in [2.24, 2.45) is 5.41 Å². The molecule has 0 bridgehead atoms. The number of fused-ring (bicyclic) bond motifs is 1. The first kappa shape index (κ1) is 30.9. The van der Waals surface area contributed by atoms with Gasteiger partial charge in [0.1, 0.15) is 0 Å². The van der Waals surface area contributed by atoms with Crippen molar-refractivity contribution in [2.75, 3.05) is 29.4 Å². The van der Waals surface area contributed by atoms with E-state index in [-0.39, 0.29) is 5.41 Å². The number of carboxylic acids is 1. The number of aliphatic carboxylic acids is 1. The van der Waals surface area contributed by atoms with Gasteiger partial charge in [-0.15, -0.1) is 0 Å². The third-order valence-electron chi connectivity index (χ3n) is 8.82. The van der Waals surface area contributed by atoms with Crippen LogP contribution in [0.25, 0.3) is 11.1 Å². The van der Waals surface area contributed by atoms with E-state index in [1.54, 1.807) is 0 Å². The first-order valence-corrected chi connectivity index (χ1v) is 15.6. The summed E-state index contributed by atoms with van der Waals surface area (Å²) in [5.74, 6) is -0.209. The Balaban J connectivity index is 1.60. The number of anilines is 2. The molecule has 2 aliphatic heterocycles. The van der Waals surface area contributed by atoms with E-state index in [1.807, 2.05) is 46.9 Å². The molecule has 0 unspecified atom stereocenters. The summed E-state index contributed by atoms with van der Waals surface area (Å²) in [6.45, 7) is 19.7. The van der Waals surface area contributed by atoms with Crippen molar-refractivity contribution in [3.05, 3.63) is 64.2 Å². The normalized spacial score (nSPS) is 17.5. The zero-order valence-electron chi connectivity index (χ0n) is 27.1. The molecule has 0 amide bonds. The fourth-order valence-electron chi connectivity index (χ4n) is 6.37. The molecule has 1 fully saturated rings. The third-order valence-corrected chi connectivity index (χ3v) is 8.82. The summed E-state index contributed by atoms with van der Waals surface area (Å²) in [5, 5.41) is 10.5. The Kier molecular flexibility index (Phi) is 8.54. The van der Waals surface area contributed by atoms with Gasteiger partial charge in [0, 0.05) is 60.6 Å². The van der Waals surface area contributed by atoms with Crippen LogP contribution in [0.4, 0.5) is 11.6 Å². The molecule has 0 saturated carbocycles. The quantitative estimate of drug-likeness (QED) is 0.322. The van der Waals surface area contributed by atoms with E-state index >= 15 is 0 Å². The first-order chi connectivity index (χ1) is 20.3. The largest absolute Gasteiger partial charge is 0.479 e. The molecule has 5 rings (SSSR count). The van der Waals surface area contributed by atoms with E-state index in [0.717, 1.165) is 86.0 Å². The Bertz CT molecular complexity index is 1500. The predicted molar refractivity (Wildman–Crippen MR) is 172 cm³/mol. The number of rotatable bonds is 7. The predicted octanol–water partition coefficient (Wildman–Crippen LogP) is 6.85. The molecule has 43 heavy (non-hydrogen) atoms. The van der Waals surface area contributed by atoms with E-state index in [0.29, 0.717) is 11.3 Å². The number of hydrogen-bond donors (Lipinski definition) is 1. The van der Waals surface area contributed by atoms with E-state index in [1.165, 1.54) is 11.1 Å². The molecule has 1 N–H and O–H groups in total. The highest BCUT2D eigenvalue weighted by atomic mass is 16.5. The molecule has 230 valence electrons. The Morgan fingerprint density at radius 1 is 1.02 bits per heavy atom. The molecule has 2 aliphatic rings. The molecule has 0 aliphatic carbocycles. The van der Waals surface area contributed by atoms with Crippen LogP contribution in [0.3, 0.4) is 0 Å². The van der Waals surface area contributed by atoms with Gasteiger partial charge < -0.3 is 19.6 Å². The molecule has 3 aromatic rings. The van der Waals surface area contributed by atoms with Crippen molar-refractivity contribution in [3.8, 4) is 11.1 Å². The second-order valence-electron chi connectivity index (χ2n) is 13.9. The van der Waals surface area contributed by atoms with E-state index in [4.69, 9.17) is 14.7 Å². The van der Waals surface area contributed by atoms with Crippen molar-refractivity contribution in [1.82, 2.24) is 15.0 Å². The van der Waals surface area contributed by atoms with Gasteiger partial charge in [-0.05, 0) is 88.5 Å². The Morgan fingerprint density at radius 2 is 1.74 bits per heavy atom. The van der Waals surface area contributed by atoms with Crippen LogP contribution in [-0.2, 0) is 28.9 Å². The smallest absolute Gasteiger partial charge is 0.337 e. The minimum absolute atomic E-state index is 0.250. The summed E-state index contributed by atoms with van der Waals surface area (Å²) in [4.78, 5) is 31.7. The molecule has 8 heteroatoms. The molecule has 1 saturated heterocycles. The fourth-order valence-corrected chi connectivity index (χ4v) is 6.37. The summed E-state index contributed by atoms with van der Waals surface area (Å²) in [6.07, 6.45) is 4.56. The molecule has 8 nitrogen and oxygen atoms in total. The van der Waals surface area contributed by atoms with Gasteiger partial charge >= 0.3 is 5.97 Å². The van der Waals surface area contributed by atoms with E-state index in [2.05, 4.69) is 53.8 Å². The third kappa shape index (κ3) is 6.69. The maximum Gasteiger partial charge on any atom is 0.337 e. The second-order valence-corrected chi connectivity index (χ2v) is 13.9. The van der Waals surface area contributed by atoms with Crippen molar-refractivity contribution >= 4 is 17.6 Å². The SMILES string of the molecule is CCc1ccnc(N2CCc3cc(-c4c(C)nc(C)c([C@H](OC(C)(C)C)C(=O)O)c4N4CCC(C)(C)CC4)ccc3C2)n1. The van der Waals surface area contributed by atoms with Crippen molar-refractivity contribution in [3.63, 3.8) is 0 Å². The maximum absolute atomic E-state index is 12.8. The highest BCUT2D eigenvalue weighted by Crippen LogP contribution is 2.45. The van der Waals surface area contributed by atoms with Gasteiger partial charge in [0.15, 0.2) is 6.10 Å². The lowest BCUT2D eigenvalue weighted by Crippen LogP contribution is -2.39. The Hall–Kier alpha value is -3.52. The number of nitrogens with zero attached hydrogens (tertiary/aromatic N) is 5. The first-order valence-electron chi connectivity index (χ1n) is 15.6. The van der Waals surface area contributed by atoms with Gasteiger partial charge in [-0.2, -0.15) is 0 Å². The summed E-state index contributed by atoms with van der Waals surface area (Å²) in [7, 11) is 0. The average molecular weight is 586 g/mol. The second kappa shape index (κ2) is 11.9. The summed E-state index contributed by atoms with van der Waals surface area (Å²) in [5.41, 5.74) is 8.54. The van der Waals surface area contributed by atoms with Crippen LogP contribution in [0.2, 0.25) is 0 Å². The highest BCUT2D eigenvalue weighted by molar-refractivity contribution is 5.88. The minimum Gasteiger partial charge on any atom is -0.479 e. The molecule has 1 atom stereocenters. The van der Waals surface area contributed by atoms with Crippen molar-refractivity contribution in [1.29, 1.82) is 0 Å². The number of carbonyl (C=O) groups is 1. The van der Waals surface area contributed by atoms with Crippen LogP contribution >= 0.6 is 0 Å². The summed E-state index contributed by atoms with van der Waals surface area (Å²) < 4.78 is 6.25. The van der Waals surface area contributed by atoms with Crippen molar-refractivity contribution < 1.29 is 14.6 Å². The number of ether oxygens (including phenoxy) is 1. The molecule has 2 aromatic heterocycles. The van der Waals surface area contributed by atoms with E-state index in [9.17, 15) is 9.90 Å². The van der Waals surface area contributed by atoms with Crippen LogP contribution in [0.5, 0.6) is 0 Å². The number of hydrogen-bond acceptors (Lipinski definition) is 7. The molecule has 0 radical (unpaired) electrons. The van der Waals surface area contributed by atoms with Gasteiger partial charge in [-0.25, -0.2) is 14.8 Å². The number of aromatic nitrogens is 3. The van der Waals surface area contributed by atoms with E-state index < -0.39 is 17.7 Å². The number of carboxylic acid groups (broad SMARTS) is 1. The zero-order chi connectivity index (χ0) is 31.1. The topological polar surface area (TPSA) is 91.7 Å². The maximum atomic E-state index is 12.8. The van der Waals surface area contributed by atoms with Crippen molar-refractivity contribution in [2.45, 2.75) is 99.3 Å².